The predicted molar refractivity (Wildman–Crippen MR) is 82.8 cm³/mol. The minimum Gasteiger partial charge on any atom is -0.507 e. The van der Waals surface area contributed by atoms with Gasteiger partial charge in [-0.1, -0.05) is 28.1 Å². The molecule has 0 aliphatic heterocycles. The highest BCUT2D eigenvalue weighted by atomic mass is 79.9. The highest BCUT2D eigenvalue weighted by Gasteiger charge is 2.08. The van der Waals surface area contributed by atoms with Gasteiger partial charge in [-0.3, -0.25) is 4.79 Å². The van der Waals surface area contributed by atoms with Crippen LogP contribution in [0.15, 0.2) is 46.9 Å². The van der Waals surface area contributed by atoms with Crippen LogP contribution in [0.5, 0.6) is 5.75 Å². The number of alkyl halides is 1. The van der Waals surface area contributed by atoms with Crippen LogP contribution < -0.4 is 5.32 Å². The van der Waals surface area contributed by atoms with Crippen LogP contribution >= 0.6 is 31.9 Å². The van der Waals surface area contributed by atoms with Crippen molar-refractivity contribution in [1.29, 1.82) is 0 Å². The van der Waals surface area contributed by atoms with Gasteiger partial charge in [0.05, 0.1) is 4.47 Å². The molecule has 0 aliphatic carbocycles. The maximum absolute atomic E-state index is 12.0. The highest BCUT2D eigenvalue weighted by molar-refractivity contribution is 9.10. The van der Waals surface area contributed by atoms with Crippen molar-refractivity contribution in [2.24, 2.45) is 0 Å². The van der Waals surface area contributed by atoms with Gasteiger partial charge in [-0.25, -0.2) is 0 Å². The summed E-state index contributed by atoms with van der Waals surface area (Å²) in [7, 11) is 0. The Labute approximate surface area is 127 Å². The van der Waals surface area contributed by atoms with Crippen molar-refractivity contribution in [2.75, 3.05) is 5.32 Å². The van der Waals surface area contributed by atoms with Crippen LogP contribution in [0.25, 0.3) is 0 Å². The molecule has 0 bridgehead atoms. The molecule has 0 saturated carbocycles. The van der Waals surface area contributed by atoms with Crippen molar-refractivity contribution < 1.29 is 9.90 Å². The SMILES string of the molecule is O=C(Nc1cccc(CBr)c1)c1ccc(Br)c(O)c1. The van der Waals surface area contributed by atoms with Gasteiger partial charge < -0.3 is 10.4 Å². The van der Waals surface area contributed by atoms with Gasteiger partial charge in [0, 0.05) is 16.6 Å². The third-order valence-electron chi connectivity index (χ3n) is 2.55. The van der Waals surface area contributed by atoms with Gasteiger partial charge in [-0.15, -0.1) is 0 Å². The van der Waals surface area contributed by atoms with Gasteiger partial charge >= 0.3 is 0 Å². The molecule has 1 amide bonds. The number of phenolic OH excluding ortho intramolecular Hbond substituents is 1. The Morgan fingerprint density at radius 2 is 2.00 bits per heavy atom. The number of carbonyl (C=O) groups excluding carboxylic acids is 1. The normalized spacial score (nSPS) is 10.2. The quantitative estimate of drug-likeness (QED) is 0.775. The molecule has 0 fully saturated rings. The topological polar surface area (TPSA) is 49.3 Å². The standard InChI is InChI=1S/C14H11Br2NO2/c15-8-9-2-1-3-11(6-9)17-14(19)10-4-5-12(16)13(18)7-10/h1-7,18H,8H2,(H,17,19). The summed E-state index contributed by atoms with van der Waals surface area (Å²) in [4.78, 5) is 12.0. The molecule has 0 saturated heterocycles. The summed E-state index contributed by atoms with van der Waals surface area (Å²) < 4.78 is 0.560. The van der Waals surface area contributed by atoms with Crippen molar-refractivity contribution in [2.45, 2.75) is 5.33 Å². The van der Waals surface area contributed by atoms with E-state index in [1.54, 1.807) is 12.1 Å². The zero-order chi connectivity index (χ0) is 13.8. The number of anilines is 1. The third kappa shape index (κ3) is 3.58. The van der Waals surface area contributed by atoms with E-state index in [0.717, 1.165) is 16.6 Å². The van der Waals surface area contributed by atoms with Gasteiger partial charge in [0.25, 0.3) is 5.91 Å². The molecule has 0 atom stereocenters. The lowest BCUT2D eigenvalue weighted by atomic mass is 10.2. The zero-order valence-corrected chi connectivity index (χ0v) is 13.0. The van der Waals surface area contributed by atoms with Crippen LogP contribution in [0.3, 0.4) is 0 Å². The lowest BCUT2D eigenvalue weighted by Crippen LogP contribution is -2.11. The van der Waals surface area contributed by atoms with Crippen LogP contribution in [0, 0.1) is 0 Å². The second-order valence-corrected chi connectivity index (χ2v) is 5.37. The molecule has 0 aliphatic rings. The average Bonchev–Trinajstić information content (AvgIpc) is 2.42. The number of hydrogen-bond acceptors (Lipinski definition) is 2. The second-order valence-electron chi connectivity index (χ2n) is 3.95. The van der Waals surface area contributed by atoms with E-state index in [0.29, 0.717) is 10.0 Å². The molecule has 2 N–H and O–H groups in total. The van der Waals surface area contributed by atoms with E-state index in [4.69, 9.17) is 0 Å². The van der Waals surface area contributed by atoms with E-state index in [-0.39, 0.29) is 11.7 Å². The Bertz CT molecular complexity index is 614. The van der Waals surface area contributed by atoms with Crippen LogP contribution in [0.4, 0.5) is 5.69 Å². The monoisotopic (exact) mass is 383 g/mol. The Morgan fingerprint density at radius 3 is 2.68 bits per heavy atom. The number of rotatable bonds is 3. The van der Waals surface area contributed by atoms with Crippen LogP contribution in [0.1, 0.15) is 15.9 Å². The van der Waals surface area contributed by atoms with E-state index in [1.807, 2.05) is 24.3 Å². The molecule has 98 valence electrons. The minimum absolute atomic E-state index is 0.0434. The first kappa shape index (κ1) is 14.1. The highest BCUT2D eigenvalue weighted by Crippen LogP contribution is 2.24. The molecule has 5 heteroatoms. The maximum Gasteiger partial charge on any atom is 0.255 e. The number of amides is 1. The minimum atomic E-state index is -0.255. The van der Waals surface area contributed by atoms with E-state index in [2.05, 4.69) is 37.2 Å². The first-order valence-electron chi connectivity index (χ1n) is 5.55. The molecule has 3 nitrogen and oxygen atoms in total. The number of halogens is 2. The van der Waals surface area contributed by atoms with Gasteiger partial charge in [-0.05, 0) is 51.8 Å². The molecule has 2 aromatic rings. The largest absolute Gasteiger partial charge is 0.507 e. The lowest BCUT2D eigenvalue weighted by molar-refractivity contribution is 0.102. The summed E-state index contributed by atoms with van der Waals surface area (Å²) in [6.45, 7) is 0. The summed E-state index contributed by atoms with van der Waals surface area (Å²) in [5.41, 5.74) is 2.21. The number of aromatic hydroxyl groups is 1. The molecule has 0 radical (unpaired) electrons. The first-order valence-corrected chi connectivity index (χ1v) is 7.46. The molecule has 19 heavy (non-hydrogen) atoms. The molecular weight excluding hydrogens is 374 g/mol. The smallest absolute Gasteiger partial charge is 0.255 e. The van der Waals surface area contributed by atoms with Crippen LogP contribution in [-0.4, -0.2) is 11.0 Å². The molecular formula is C14H11Br2NO2. The van der Waals surface area contributed by atoms with Crippen molar-refractivity contribution in [1.82, 2.24) is 0 Å². The molecule has 0 heterocycles. The lowest BCUT2D eigenvalue weighted by Gasteiger charge is -2.07. The molecule has 0 aromatic heterocycles. The van der Waals surface area contributed by atoms with Crippen molar-refractivity contribution in [3.8, 4) is 5.75 Å². The van der Waals surface area contributed by atoms with Crippen molar-refractivity contribution >= 4 is 43.5 Å². The number of hydrogen-bond donors (Lipinski definition) is 2. The van der Waals surface area contributed by atoms with Gasteiger partial charge in [0.15, 0.2) is 0 Å². The molecule has 2 aromatic carbocycles. The first-order chi connectivity index (χ1) is 9.10. The summed E-state index contributed by atoms with van der Waals surface area (Å²) in [5, 5.41) is 13.1. The summed E-state index contributed by atoms with van der Waals surface area (Å²) >= 11 is 6.55. The Balaban J connectivity index is 2.18. The number of phenols is 1. The molecule has 0 spiro atoms. The predicted octanol–water partition coefficient (Wildman–Crippen LogP) is 4.30. The third-order valence-corrected chi connectivity index (χ3v) is 3.87. The maximum atomic E-state index is 12.0. The summed E-state index contributed by atoms with van der Waals surface area (Å²) in [5.74, 6) is -0.212. The van der Waals surface area contributed by atoms with Crippen molar-refractivity contribution in [3.05, 3.63) is 58.1 Å². The fourth-order valence-corrected chi connectivity index (χ4v) is 2.18. The average molecular weight is 385 g/mol. The van der Waals surface area contributed by atoms with Gasteiger partial charge in [0.1, 0.15) is 5.75 Å². The number of nitrogens with one attached hydrogen (secondary N) is 1. The Morgan fingerprint density at radius 1 is 1.21 bits per heavy atom. The van der Waals surface area contributed by atoms with E-state index >= 15 is 0 Å². The van der Waals surface area contributed by atoms with Crippen molar-refractivity contribution in [3.63, 3.8) is 0 Å². The number of benzene rings is 2. The second kappa shape index (κ2) is 6.21. The van der Waals surface area contributed by atoms with Crippen LogP contribution in [0.2, 0.25) is 0 Å². The van der Waals surface area contributed by atoms with E-state index in [1.165, 1.54) is 6.07 Å². The Hall–Kier alpha value is -1.33. The van der Waals surface area contributed by atoms with E-state index < -0.39 is 0 Å². The Kier molecular flexibility index (Phi) is 4.61. The van der Waals surface area contributed by atoms with Gasteiger partial charge in [0.2, 0.25) is 0 Å². The fraction of sp³-hybridized carbons (Fsp3) is 0.0714. The van der Waals surface area contributed by atoms with E-state index in [9.17, 15) is 9.90 Å². The van der Waals surface area contributed by atoms with Gasteiger partial charge in [-0.2, -0.15) is 0 Å². The summed E-state index contributed by atoms with van der Waals surface area (Å²) in [6, 6.07) is 12.3. The molecule has 2 rings (SSSR count). The zero-order valence-electron chi connectivity index (χ0n) is 9.86. The summed E-state index contributed by atoms with van der Waals surface area (Å²) in [6.07, 6.45) is 0. The van der Waals surface area contributed by atoms with Crippen LogP contribution in [-0.2, 0) is 5.33 Å². The number of carbonyl (C=O) groups is 1. The fourth-order valence-electron chi connectivity index (χ4n) is 1.59. The molecule has 0 unspecified atom stereocenters.